The molecule has 2 aromatic carbocycles. The summed E-state index contributed by atoms with van der Waals surface area (Å²) in [6.07, 6.45) is 40.4. The zero-order valence-corrected chi connectivity index (χ0v) is 30.3. The standard InChI is InChI=1S/C49H51NO2/c1-3-15-32(16-4-1)36-21-14-28-45-48(36)49(38-22-8-11-26-43(38)51-45)39-23-9-12-27-44(39)52-46-31-33(29-30-40(46)49)35-20-13-25-42-47(35)37-19-7-10-24-41(37)50(42)34-17-5-2-6-18-34/h1-5,7-8,10-11,13,15-16,19,21-22,24-26,29-30,33-35,37,39-41,44,46H,6,9,12,14,17-18,20,23,27-28,31H2. The molecule has 6 aliphatic carbocycles. The van der Waals surface area contributed by atoms with Crippen molar-refractivity contribution in [1.29, 1.82) is 0 Å². The molecule has 2 fully saturated rings. The van der Waals surface area contributed by atoms with Crippen molar-refractivity contribution in [2.24, 2.45) is 29.6 Å². The normalized spacial score (nSPS) is 38.2. The van der Waals surface area contributed by atoms with Gasteiger partial charge in [-0.2, -0.15) is 0 Å². The molecule has 0 N–H and O–H groups in total. The largest absolute Gasteiger partial charge is 0.461 e. The van der Waals surface area contributed by atoms with Gasteiger partial charge in [0.25, 0.3) is 0 Å². The van der Waals surface area contributed by atoms with Crippen molar-refractivity contribution in [3.05, 3.63) is 155 Å². The van der Waals surface area contributed by atoms with Crippen molar-refractivity contribution in [2.75, 3.05) is 0 Å². The van der Waals surface area contributed by atoms with E-state index >= 15 is 0 Å². The van der Waals surface area contributed by atoms with Gasteiger partial charge in [-0.1, -0.05) is 122 Å². The SMILES string of the molecule is C1=CC2C3=C(C=CCC3C3C=CC4C(C3)OC3CCCCC3C43C4=C(CCC=C4c4ccccc4)Oc4ccccc43)N(C3CC=CCC3)C2C=C1. The van der Waals surface area contributed by atoms with Crippen LogP contribution < -0.4 is 4.74 Å². The van der Waals surface area contributed by atoms with Gasteiger partial charge in [0.15, 0.2) is 0 Å². The minimum Gasteiger partial charge on any atom is -0.461 e. The van der Waals surface area contributed by atoms with Crippen molar-refractivity contribution in [3.63, 3.8) is 0 Å². The van der Waals surface area contributed by atoms with Crippen LogP contribution in [0.2, 0.25) is 0 Å². The Morgan fingerprint density at radius 2 is 1.65 bits per heavy atom. The van der Waals surface area contributed by atoms with Gasteiger partial charge < -0.3 is 14.4 Å². The molecule has 0 bridgehead atoms. The van der Waals surface area contributed by atoms with E-state index in [1.807, 2.05) is 0 Å². The topological polar surface area (TPSA) is 21.7 Å². The fraction of sp³-hybridized carbons (Fsp3) is 0.429. The summed E-state index contributed by atoms with van der Waals surface area (Å²) in [7, 11) is 0. The molecule has 3 heteroatoms. The maximum Gasteiger partial charge on any atom is 0.131 e. The smallest absolute Gasteiger partial charge is 0.131 e. The van der Waals surface area contributed by atoms with E-state index in [-0.39, 0.29) is 23.5 Å². The van der Waals surface area contributed by atoms with Crippen LogP contribution in [0.15, 0.2) is 144 Å². The van der Waals surface area contributed by atoms with E-state index in [1.54, 1.807) is 5.57 Å². The van der Waals surface area contributed by atoms with Gasteiger partial charge in [-0.25, -0.2) is 0 Å². The summed E-state index contributed by atoms with van der Waals surface area (Å²) < 4.78 is 14.5. The number of allylic oxidation sites excluding steroid dienone is 10. The Hall–Kier alpha value is -4.08. The van der Waals surface area contributed by atoms with E-state index in [4.69, 9.17) is 9.47 Å². The van der Waals surface area contributed by atoms with Gasteiger partial charge in [0.05, 0.1) is 18.2 Å². The average Bonchev–Trinajstić information content (AvgIpc) is 3.56. The van der Waals surface area contributed by atoms with Crippen LogP contribution in [0.4, 0.5) is 0 Å². The Labute approximate surface area is 309 Å². The quantitative estimate of drug-likeness (QED) is 0.300. The molecule has 2 aromatic rings. The van der Waals surface area contributed by atoms with E-state index < -0.39 is 0 Å². The minimum absolute atomic E-state index is 0.168. The summed E-state index contributed by atoms with van der Waals surface area (Å²) in [5.74, 6) is 4.39. The third kappa shape index (κ3) is 4.60. The van der Waals surface area contributed by atoms with Crippen LogP contribution in [0.3, 0.4) is 0 Å². The number of ether oxygens (including phenoxy) is 2. The van der Waals surface area contributed by atoms with E-state index in [1.165, 1.54) is 65.8 Å². The van der Waals surface area contributed by atoms with Crippen LogP contribution in [0, 0.1) is 29.6 Å². The highest BCUT2D eigenvalue weighted by atomic mass is 16.5. The van der Waals surface area contributed by atoms with Crippen LogP contribution in [0.1, 0.15) is 81.8 Å². The third-order valence-electron chi connectivity index (χ3n) is 14.5. The summed E-state index contributed by atoms with van der Waals surface area (Å²) in [5, 5.41) is 0. The number of nitrogens with zero attached hydrogens (tertiary/aromatic N) is 1. The Morgan fingerprint density at radius 1 is 0.769 bits per heavy atom. The maximum absolute atomic E-state index is 7.50. The Morgan fingerprint density at radius 3 is 2.58 bits per heavy atom. The highest BCUT2D eigenvalue weighted by Crippen LogP contribution is 2.65. The second-order valence-corrected chi connectivity index (χ2v) is 16.9. The number of benzene rings is 2. The first-order chi connectivity index (χ1) is 25.8. The highest BCUT2D eigenvalue weighted by Gasteiger charge is 2.63. The van der Waals surface area contributed by atoms with Crippen molar-refractivity contribution >= 4 is 5.57 Å². The Balaban J connectivity index is 1.04. The van der Waals surface area contributed by atoms with Gasteiger partial charge in [0, 0.05) is 46.5 Å². The first-order valence-electron chi connectivity index (χ1n) is 20.6. The fourth-order valence-electron chi connectivity index (χ4n) is 12.6. The number of fused-ring (bicyclic) bond motifs is 9. The lowest BCUT2D eigenvalue weighted by atomic mass is 9.48. The van der Waals surface area contributed by atoms with Crippen molar-refractivity contribution < 1.29 is 9.47 Å². The van der Waals surface area contributed by atoms with Gasteiger partial charge in [0.1, 0.15) is 11.5 Å². The van der Waals surface area contributed by atoms with Crippen LogP contribution in [-0.2, 0) is 10.2 Å². The van der Waals surface area contributed by atoms with Gasteiger partial charge in [-0.15, -0.1) is 0 Å². The fourth-order valence-corrected chi connectivity index (χ4v) is 12.6. The predicted octanol–water partition coefficient (Wildman–Crippen LogP) is 11.0. The number of hydrogen-bond acceptors (Lipinski definition) is 3. The minimum atomic E-state index is -0.181. The lowest BCUT2D eigenvalue weighted by Crippen LogP contribution is -2.61. The summed E-state index contributed by atoms with van der Waals surface area (Å²) in [6, 6.07) is 21.3. The van der Waals surface area contributed by atoms with Crippen molar-refractivity contribution in [1.82, 2.24) is 4.90 Å². The summed E-state index contributed by atoms with van der Waals surface area (Å²) in [4.78, 5) is 2.83. The molecule has 1 saturated heterocycles. The first-order valence-corrected chi connectivity index (χ1v) is 20.6. The summed E-state index contributed by atoms with van der Waals surface area (Å²) in [5.41, 5.74) is 8.63. The molecule has 1 spiro atoms. The molecule has 3 nitrogen and oxygen atoms in total. The molecule has 3 aliphatic heterocycles. The molecule has 11 rings (SSSR count). The van der Waals surface area contributed by atoms with Crippen LogP contribution in [0.25, 0.3) is 5.57 Å². The molecule has 9 aliphatic rings. The molecule has 10 unspecified atom stereocenters. The Kier molecular flexibility index (Phi) is 7.57. The molecule has 264 valence electrons. The summed E-state index contributed by atoms with van der Waals surface area (Å²) >= 11 is 0. The van der Waals surface area contributed by atoms with E-state index in [9.17, 15) is 0 Å². The molecule has 52 heavy (non-hydrogen) atoms. The van der Waals surface area contributed by atoms with E-state index in [0.29, 0.717) is 35.8 Å². The summed E-state index contributed by atoms with van der Waals surface area (Å²) in [6.45, 7) is 0. The molecular weight excluding hydrogens is 635 g/mol. The first kappa shape index (κ1) is 31.4. The highest BCUT2D eigenvalue weighted by molar-refractivity contribution is 5.85. The molecule has 1 saturated carbocycles. The van der Waals surface area contributed by atoms with Crippen LogP contribution in [0.5, 0.6) is 5.75 Å². The van der Waals surface area contributed by atoms with E-state index in [0.717, 1.165) is 44.3 Å². The van der Waals surface area contributed by atoms with E-state index in [2.05, 4.69) is 126 Å². The van der Waals surface area contributed by atoms with Gasteiger partial charge in [-0.05, 0) is 98.0 Å². The molecule has 3 heterocycles. The maximum atomic E-state index is 7.50. The van der Waals surface area contributed by atoms with Gasteiger partial charge in [0.2, 0.25) is 0 Å². The third-order valence-corrected chi connectivity index (χ3v) is 14.5. The van der Waals surface area contributed by atoms with Crippen molar-refractivity contribution in [2.45, 2.75) is 100 Å². The van der Waals surface area contributed by atoms with Crippen molar-refractivity contribution in [3.8, 4) is 5.75 Å². The predicted molar refractivity (Wildman–Crippen MR) is 209 cm³/mol. The molecule has 10 atom stereocenters. The Bertz CT molecular complexity index is 2010. The molecule has 0 aromatic heterocycles. The number of hydrogen-bond donors (Lipinski definition) is 0. The van der Waals surface area contributed by atoms with Gasteiger partial charge >= 0.3 is 0 Å². The number of rotatable bonds is 3. The lowest BCUT2D eigenvalue weighted by molar-refractivity contribution is -0.160. The lowest BCUT2D eigenvalue weighted by Gasteiger charge is -2.61. The average molecular weight is 686 g/mol. The monoisotopic (exact) mass is 685 g/mol. The zero-order valence-electron chi connectivity index (χ0n) is 30.3. The second-order valence-electron chi connectivity index (χ2n) is 16.9. The second kappa shape index (κ2) is 12.5. The van der Waals surface area contributed by atoms with Gasteiger partial charge in [-0.3, -0.25) is 0 Å². The van der Waals surface area contributed by atoms with Crippen LogP contribution >= 0.6 is 0 Å². The molecule has 0 radical (unpaired) electrons. The molecule has 0 amide bonds. The van der Waals surface area contributed by atoms with Crippen LogP contribution in [-0.4, -0.2) is 29.2 Å². The molecular formula is C49H51NO2. The zero-order chi connectivity index (χ0) is 34.2. The number of para-hydroxylation sites is 1.